The summed E-state index contributed by atoms with van der Waals surface area (Å²) in [4.78, 5) is 6.51. The molecule has 0 amide bonds. The van der Waals surface area contributed by atoms with Crippen molar-refractivity contribution in [2.24, 2.45) is 23.2 Å². The summed E-state index contributed by atoms with van der Waals surface area (Å²) in [5.74, 6) is 2.49. The normalized spacial score (nSPS) is 39.6. The number of nitrogens with one attached hydrogen (secondary N) is 2. The number of hydrogen-bond acceptors (Lipinski definition) is 3. The number of aromatic amines is 1. The average molecular weight is 309 g/mol. The number of sulfonamides is 1. The molecule has 0 radical (unpaired) electrons. The van der Waals surface area contributed by atoms with Crippen LogP contribution in [0.1, 0.15) is 45.4 Å². The maximum Gasteiger partial charge on any atom is 0.257 e. The molecule has 116 valence electrons. The van der Waals surface area contributed by atoms with Crippen molar-refractivity contribution < 1.29 is 8.42 Å². The van der Waals surface area contributed by atoms with E-state index < -0.39 is 10.0 Å². The molecule has 0 saturated heterocycles. The van der Waals surface area contributed by atoms with Crippen LogP contribution >= 0.6 is 0 Å². The van der Waals surface area contributed by atoms with Crippen LogP contribution in [0.5, 0.6) is 0 Å². The van der Waals surface area contributed by atoms with E-state index in [-0.39, 0.29) is 16.5 Å². The van der Waals surface area contributed by atoms with Crippen LogP contribution in [0, 0.1) is 23.2 Å². The Morgan fingerprint density at radius 3 is 2.29 bits per heavy atom. The van der Waals surface area contributed by atoms with Crippen molar-refractivity contribution in [2.45, 2.75) is 56.5 Å². The molecule has 5 nitrogen and oxygen atoms in total. The van der Waals surface area contributed by atoms with Gasteiger partial charge in [0.15, 0.2) is 5.03 Å². The highest BCUT2D eigenvalue weighted by molar-refractivity contribution is 7.89. The maximum atomic E-state index is 12.4. The van der Waals surface area contributed by atoms with E-state index in [1.807, 2.05) is 0 Å². The Morgan fingerprint density at radius 2 is 1.81 bits per heavy atom. The zero-order valence-electron chi connectivity index (χ0n) is 12.4. The molecule has 1 atom stereocenters. The molecule has 4 saturated carbocycles. The molecule has 6 heteroatoms. The number of hydrogen-bond donors (Lipinski definition) is 2. The molecule has 1 aromatic rings. The van der Waals surface area contributed by atoms with Crippen LogP contribution in [0.2, 0.25) is 0 Å². The van der Waals surface area contributed by atoms with Gasteiger partial charge in [-0.05, 0) is 68.6 Å². The zero-order valence-corrected chi connectivity index (χ0v) is 13.2. The first-order valence-corrected chi connectivity index (χ1v) is 9.46. The number of nitrogens with zero attached hydrogens (tertiary/aromatic N) is 1. The molecule has 21 heavy (non-hydrogen) atoms. The second-order valence-corrected chi connectivity index (χ2v) is 9.22. The van der Waals surface area contributed by atoms with E-state index in [2.05, 4.69) is 21.6 Å². The smallest absolute Gasteiger partial charge is 0.257 e. The molecule has 0 spiro atoms. The average Bonchev–Trinajstić information content (AvgIpc) is 2.90. The van der Waals surface area contributed by atoms with Gasteiger partial charge in [0.1, 0.15) is 0 Å². The van der Waals surface area contributed by atoms with E-state index in [4.69, 9.17) is 0 Å². The molecule has 4 aliphatic rings. The fourth-order valence-electron chi connectivity index (χ4n) is 5.52. The third-order valence-electron chi connectivity index (χ3n) is 6.10. The second-order valence-electron chi connectivity index (χ2n) is 7.54. The van der Waals surface area contributed by atoms with E-state index in [0.29, 0.717) is 0 Å². The van der Waals surface area contributed by atoms with Crippen LogP contribution in [0.25, 0.3) is 0 Å². The SMILES string of the molecule is CC(NS(=O)(=O)c1cnc[nH]1)C12CC3CC(CC(C3)C1)C2. The van der Waals surface area contributed by atoms with Gasteiger partial charge in [0.05, 0.1) is 12.5 Å². The monoisotopic (exact) mass is 309 g/mol. The number of aromatic nitrogens is 2. The molecule has 0 aliphatic heterocycles. The predicted octanol–water partition coefficient (Wildman–Crippen LogP) is 2.29. The molecule has 4 fully saturated rings. The molecule has 1 aromatic heterocycles. The van der Waals surface area contributed by atoms with Crippen LogP contribution in [0.4, 0.5) is 0 Å². The molecule has 5 rings (SSSR count). The van der Waals surface area contributed by atoms with Crippen LogP contribution in [-0.4, -0.2) is 24.4 Å². The first kappa shape index (κ1) is 13.8. The Bertz CT molecular complexity index is 588. The molecular weight excluding hydrogens is 286 g/mol. The lowest BCUT2D eigenvalue weighted by atomic mass is 9.48. The lowest BCUT2D eigenvalue weighted by Gasteiger charge is -2.59. The quantitative estimate of drug-likeness (QED) is 0.896. The summed E-state index contributed by atoms with van der Waals surface area (Å²) in [6.45, 7) is 2.06. The van der Waals surface area contributed by atoms with Gasteiger partial charge in [0.2, 0.25) is 0 Å². The van der Waals surface area contributed by atoms with Crippen LogP contribution < -0.4 is 4.72 Å². The lowest BCUT2D eigenvalue weighted by Crippen LogP contribution is -2.55. The third kappa shape index (κ3) is 2.23. The molecule has 4 aliphatic carbocycles. The fourth-order valence-corrected chi connectivity index (χ4v) is 6.77. The van der Waals surface area contributed by atoms with Gasteiger partial charge < -0.3 is 4.98 Å². The maximum absolute atomic E-state index is 12.4. The van der Waals surface area contributed by atoms with Crippen LogP contribution in [0.15, 0.2) is 17.6 Å². The van der Waals surface area contributed by atoms with Crippen molar-refractivity contribution in [1.29, 1.82) is 0 Å². The van der Waals surface area contributed by atoms with E-state index in [1.165, 1.54) is 51.0 Å². The van der Waals surface area contributed by atoms with Crippen molar-refractivity contribution in [3.63, 3.8) is 0 Å². The third-order valence-corrected chi connectivity index (χ3v) is 7.56. The molecular formula is C15H23N3O2S. The lowest BCUT2D eigenvalue weighted by molar-refractivity contribution is -0.0666. The molecule has 0 aromatic carbocycles. The summed E-state index contributed by atoms with van der Waals surface area (Å²) in [5, 5.41) is 0.166. The van der Waals surface area contributed by atoms with Gasteiger partial charge in [0.25, 0.3) is 10.0 Å². The highest BCUT2D eigenvalue weighted by Crippen LogP contribution is 2.61. The fraction of sp³-hybridized carbons (Fsp3) is 0.800. The zero-order chi connectivity index (χ0) is 14.7. The van der Waals surface area contributed by atoms with Crippen LogP contribution in [-0.2, 0) is 10.0 Å². The molecule has 2 N–H and O–H groups in total. The molecule has 1 unspecified atom stereocenters. The Kier molecular flexibility index (Phi) is 2.99. The van der Waals surface area contributed by atoms with E-state index in [9.17, 15) is 8.42 Å². The Morgan fingerprint density at radius 1 is 1.24 bits per heavy atom. The topological polar surface area (TPSA) is 74.8 Å². The van der Waals surface area contributed by atoms with Gasteiger partial charge in [-0.25, -0.2) is 18.1 Å². The van der Waals surface area contributed by atoms with Crippen molar-refractivity contribution in [3.8, 4) is 0 Å². The van der Waals surface area contributed by atoms with E-state index in [0.717, 1.165) is 17.8 Å². The number of H-pyrrole nitrogens is 1. The molecule has 1 heterocycles. The largest absolute Gasteiger partial charge is 0.335 e. The Labute approximate surface area is 126 Å². The van der Waals surface area contributed by atoms with E-state index in [1.54, 1.807) is 0 Å². The summed E-state index contributed by atoms with van der Waals surface area (Å²) in [7, 11) is -3.48. The minimum atomic E-state index is -3.48. The summed E-state index contributed by atoms with van der Waals surface area (Å²) < 4.78 is 27.7. The van der Waals surface area contributed by atoms with Gasteiger partial charge in [-0.3, -0.25) is 0 Å². The van der Waals surface area contributed by atoms with Gasteiger partial charge in [-0.15, -0.1) is 0 Å². The summed E-state index contributed by atoms with van der Waals surface area (Å²) in [5.41, 5.74) is 0.182. The van der Waals surface area contributed by atoms with Gasteiger partial charge in [0, 0.05) is 6.04 Å². The highest BCUT2D eigenvalue weighted by atomic mass is 32.2. The minimum Gasteiger partial charge on any atom is -0.335 e. The summed E-state index contributed by atoms with van der Waals surface area (Å²) in [6.07, 6.45) is 10.5. The standard InChI is InChI=1S/C15H23N3O2S/c1-10(18-21(19,20)14-8-16-9-17-14)15-5-11-2-12(6-15)4-13(3-11)7-15/h8-13,18H,2-7H2,1H3,(H,16,17). The van der Waals surface area contributed by atoms with Crippen LogP contribution in [0.3, 0.4) is 0 Å². The summed E-state index contributed by atoms with van der Waals surface area (Å²) in [6, 6.07) is -0.000741. The Balaban J connectivity index is 1.56. The van der Waals surface area contributed by atoms with Gasteiger partial charge in [-0.1, -0.05) is 0 Å². The summed E-state index contributed by atoms with van der Waals surface area (Å²) >= 11 is 0. The first-order valence-electron chi connectivity index (χ1n) is 7.97. The van der Waals surface area contributed by atoms with Crippen molar-refractivity contribution >= 4 is 10.0 Å². The Hall–Kier alpha value is -0.880. The highest BCUT2D eigenvalue weighted by Gasteiger charge is 2.53. The first-order chi connectivity index (χ1) is 9.97. The second kappa shape index (κ2) is 4.56. The minimum absolute atomic E-state index is 0.000741. The van der Waals surface area contributed by atoms with Gasteiger partial charge in [-0.2, -0.15) is 0 Å². The van der Waals surface area contributed by atoms with Crippen molar-refractivity contribution in [2.75, 3.05) is 0 Å². The predicted molar refractivity (Wildman–Crippen MR) is 79.0 cm³/mol. The number of rotatable bonds is 4. The van der Waals surface area contributed by atoms with Crippen molar-refractivity contribution in [3.05, 3.63) is 12.5 Å². The number of imidazole rings is 1. The van der Waals surface area contributed by atoms with Crippen molar-refractivity contribution in [1.82, 2.24) is 14.7 Å². The van der Waals surface area contributed by atoms with Gasteiger partial charge >= 0.3 is 0 Å². The molecule has 4 bridgehead atoms. The van der Waals surface area contributed by atoms with E-state index >= 15 is 0 Å².